The number of fused-ring (bicyclic) bond motifs is 1. The van der Waals surface area contributed by atoms with Crippen LogP contribution in [-0.2, 0) is 15.1 Å². The first-order valence-electron chi connectivity index (χ1n) is 13.4. The molecule has 8 heteroatoms. The normalized spacial score (nSPS) is 28.1. The zero-order valence-corrected chi connectivity index (χ0v) is 21.3. The Morgan fingerprint density at radius 1 is 1.00 bits per heavy atom. The maximum Gasteiger partial charge on any atom is 0.254 e. The Bertz CT molecular complexity index is 1260. The molecule has 7 rings (SSSR count). The minimum Gasteiger partial charge on any atom is -0.496 e. The zero-order valence-electron chi connectivity index (χ0n) is 21.3. The summed E-state index contributed by atoms with van der Waals surface area (Å²) < 4.78 is 11.1. The molecule has 1 atom stereocenters. The molecule has 0 saturated carbocycles. The highest BCUT2D eigenvalue weighted by molar-refractivity contribution is 6.09. The molecule has 0 aromatic heterocycles. The van der Waals surface area contributed by atoms with Gasteiger partial charge in [0.05, 0.1) is 38.0 Å². The third kappa shape index (κ3) is 3.38. The number of nitrogens with one attached hydrogen (secondary N) is 1. The molecule has 2 aromatic carbocycles. The van der Waals surface area contributed by atoms with Gasteiger partial charge in [0.1, 0.15) is 5.75 Å². The zero-order chi connectivity index (χ0) is 25.2. The number of carbonyl (C=O) groups excluding carboxylic acids is 1. The number of carbonyl (C=O) groups is 1. The van der Waals surface area contributed by atoms with Crippen molar-refractivity contribution in [2.75, 3.05) is 64.9 Å². The van der Waals surface area contributed by atoms with E-state index in [1.807, 2.05) is 36.4 Å². The third-order valence-electron chi connectivity index (χ3n) is 9.37. The summed E-state index contributed by atoms with van der Waals surface area (Å²) in [6.45, 7) is 8.02. The fourth-order valence-corrected chi connectivity index (χ4v) is 7.38. The molecule has 2 aromatic rings. The lowest BCUT2D eigenvalue weighted by molar-refractivity contribution is -0.171. The second kappa shape index (κ2) is 8.53. The van der Waals surface area contributed by atoms with Crippen molar-refractivity contribution < 1.29 is 14.3 Å². The van der Waals surface area contributed by atoms with E-state index >= 15 is 0 Å². The lowest BCUT2D eigenvalue weighted by Gasteiger charge is -2.65. The van der Waals surface area contributed by atoms with Crippen LogP contribution in [0.3, 0.4) is 0 Å². The summed E-state index contributed by atoms with van der Waals surface area (Å²) >= 11 is 0. The molecule has 37 heavy (non-hydrogen) atoms. The Hall–Kier alpha value is -2.96. The number of hydrogen-bond acceptors (Lipinski definition) is 7. The molecule has 0 aliphatic carbocycles. The molecule has 8 nitrogen and oxygen atoms in total. The van der Waals surface area contributed by atoms with E-state index in [0.29, 0.717) is 23.4 Å². The smallest absolute Gasteiger partial charge is 0.254 e. The molecule has 4 saturated heterocycles. The first-order chi connectivity index (χ1) is 18.1. The minimum absolute atomic E-state index is 0.0690. The van der Waals surface area contributed by atoms with Crippen LogP contribution < -0.4 is 10.1 Å². The number of nitriles is 1. The van der Waals surface area contributed by atoms with Gasteiger partial charge in [-0.3, -0.25) is 19.5 Å². The number of methoxy groups -OCH3 is 1. The van der Waals surface area contributed by atoms with Gasteiger partial charge >= 0.3 is 0 Å². The first kappa shape index (κ1) is 23.2. The topological polar surface area (TPSA) is 81.1 Å². The van der Waals surface area contributed by atoms with E-state index in [0.717, 1.165) is 56.2 Å². The summed E-state index contributed by atoms with van der Waals surface area (Å²) in [5.74, 6) is 0.619. The maximum absolute atomic E-state index is 13.9. The van der Waals surface area contributed by atoms with E-state index in [1.54, 1.807) is 13.2 Å². The molecule has 192 valence electrons. The summed E-state index contributed by atoms with van der Waals surface area (Å²) in [6, 6.07) is 16.8. The Labute approximate surface area is 217 Å². The van der Waals surface area contributed by atoms with Crippen LogP contribution in [-0.4, -0.2) is 92.3 Å². The van der Waals surface area contributed by atoms with E-state index in [-0.39, 0.29) is 11.3 Å². The van der Waals surface area contributed by atoms with Crippen LogP contribution in [0.1, 0.15) is 29.5 Å². The van der Waals surface area contributed by atoms with E-state index in [4.69, 9.17) is 9.47 Å². The van der Waals surface area contributed by atoms with E-state index in [2.05, 4.69) is 26.1 Å². The van der Waals surface area contributed by atoms with Crippen molar-refractivity contribution in [3.8, 4) is 11.8 Å². The fraction of sp³-hybridized carbons (Fsp3) is 0.517. The number of rotatable bonds is 5. The Kier molecular flexibility index (Phi) is 5.35. The van der Waals surface area contributed by atoms with E-state index < -0.39 is 5.54 Å². The van der Waals surface area contributed by atoms with Crippen molar-refractivity contribution in [1.29, 1.82) is 5.26 Å². The van der Waals surface area contributed by atoms with Gasteiger partial charge in [-0.25, -0.2) is 0 Å². The molecule has 0 bridgehead atoms. The van der Waals surface area contributed by atoms with Crippen LogP contribution in [0, 0.1) is 16.7 Å². The molecule has 1 spiro atoms. The summed E-state index contributed by atoms with van der Waals surface area (Å²) in [4.78, 5) is 21.5. The molecule has 5 aliphatic heterocycles. The standard InChI is InChI=1S/C29H33N5O3/c1-36-26-5-3-2-4-23(26)29(24-12-20(13-30)6-7-25(24)31-27(29)35)34-18-28(19-34)16-33(17-28)21-8-10-32(11-9-21)22-14-37-15-22/h2-7,12,21-22H,8-11,14-19H2,1H3,(H,31,35). The molecule has 5 aliphatic rings. The van der Waals surface area contributed by atoms with Gasteiger partial charge in [0, 0.05) is 67.5 Å². The number of anilines is 1. The Balaban J connectivity index is 1.13. The van der Waals surface area contributed by atoms with Gasteiger partial charge in [-0.05, 0) is 37.1 Å². The van der Waals surface area contributed by atoms with Gasteiger partial charge < -0.3 is 14.8 Å². The maximum atomic E-state index is 13.9. The van der Waals surface area contributed by atoms with Crippen LogP contribution in [0.4, 0.5) is 5.69 Å². The van der Waals surface area contributed by atoms with Crippen molar-refractivity contribution >= 4 is 11.6 Å². The minimum atomic E-state index is -1.00. The number of hydrogen-bond donors (Lipinski definition) is 1. The number of benzene rings is 2. The fourth-order valence-electron chi connectivity index (χ4n) is 7.38. The van der Waals surface area contributed by atoms with Gasteiger partial charge in [0.25, 0.3) is 5.91 Å². The molecule has 0 radical (unpaired) electrons. The van der Waals surface area contributed by atoms with Crippen molar-refractivity contribution in [3.05, 3.63) is 59.2 Å². The molecule has 1 amide bonds. The Morgan fingerprint density at radius 3 is 2.43 bits per heavy atom. The first-order valence-corrected chi connectivity index (χ1v) is 13.4. The van der Waals surface area contributed by atoms with Gasteiger partial charge in [-0.1, -0.05) is 18.2 Å². The summed E-state index contributed by atoms with van der Waals surface area (Å²) in [6.07, 6.45) is 2.46. The van der Waals surface area contributed by atoms with Gasteiger partial charge in [0.2, 0.25) is 0 Å². The van der Waals surface area contributed by atoms with Crippen molar-refractivity contribution in [3.63, 3.8) is 0 Å². The number of para-hydroxylation sites is 1. The summed E-state index contributed by atoms with van der Waals surface area (Å²) in [7, 11) is 1.65. The second-order valence-corrected chi connectivity index (χ2v) is 11.5. The van der Waals surface area contributed by atoms with Crippen LogP contribution in [0.25, 0.3) is 0 Å². The summed E-state index contributed by atoms with van der Waals surface area (Å²) in [5, 5.41) is 12.7. The molecule has 1 N–H and O–H groups in total. The molecular formula is C29H33N5O3. The number of nitrogens with zero attached hydrogens (tertiary/aromatic N) is 4. The number of ether oxygens (including phenoxy) is 2. The van der Waals surface area contributed by atoms with Gasteiger partial charge in [0.15, 0.2) is 5.54 Å². The average molecular weight is 500 g/mol. The Morgan fingerprint density at radius 2 is 1.76 bits per heavy atom. The average Bonchev–Trinajstić information content (AvgIpc) is 3.13. The third-order valence-corrected chi connectivity index (χ3v) is 9.37. The highest BCUT2D eigenvalue weighted by Gasteiger charge is 2.63. The molecule has 1 unspecified atom stereocenters. The number of likely N-dealkylation sites (tertiary alicyclic amines) is 3. The van der Waals surface area contributed by atoms with Crippen LogP contribution in [0.5, 0.6) is 5.75 Å². The monoisotopic (exact) mass is 499 g/mol. The van der Waals surface area contributed by atoms with Gasteiger partial charge in [-0.15, -0.1) is 0 Å². The van der Waals surface area contributed by atoms with Crippen molar-refractivity contribution in [1.82, 2.24) is 14.7 Å². The van der Waals surface area contributed by atoms with Crippen LogP contribution in [0.2, 0.25) is 0 Å². The van der Waals surface area contributed by atoms with Crippen molar-refractivity contribution in [2.24, 2.45) is 5.41 Å². The predicted octanol–water partition coefficient (Wildman–Crippen LogP) is 2.24. The van der Waals surface area contributed by atoms with E-state index in [9.17, 15) is 10.1 Å². The van der Waals surface area contributed by atoms with Crippen LogP contribution in [0.15, 0.2) is 42.5 Å². The van der Waals surface area contributed by atoms with Crippen LogP contribution >= 0.6 is 0 Å². The second-order valence-electron chi connectivity index (χ2n) is 11.5. The van der Waals surface area contributed by atoms with Gasteiger partial charge in [-0.2, -0.15) is 5.26 Å². The highest BCUT2D eigenvalue weighted by atomic mass is 16.5. The predicted molar refractivity (Wildman–Crippen MR) is 138 cm³/mol. The molecule has 5 heterocycles. The highest BCUT2D eigenvalue weighted by Crippen LogP contribution is 2.54. The molecule has 4 fully saturated rings. The SMILES string of the molecule is COc1ccccc1C1(N2CC3(CN(C4CCN(C5COC5)CC4)C3)C2)C(=O)Nc2ccc(C#N)cc21. The quantitative estimate of drug-likeness (QED) is 0.676. The lowest BCUT2D eigenvalue weighted by Crippen LogP contribution is -2.77. The number of amides is 1. The lowest BCUT2D eigenvalue weighted by atomic mass is 9.67. The van der Waals surface area contributed by atoms with Crippen molar-refractivity contribution in [2.45, 2.75) is 30.5 Å². The number of piperidine rings is 1. The summed E-state index contributed by atoms with van der Waals surface area (Å²) in [5.41, 5.74) is 2.23. The largest absolute Gasteiger partial charge is 0.496 e. The molecular weight excluding hydrogens is 466 g/mol. The van der Waals surface area contributed by atoms with E-state index in [1.165, 1.54) is 25.9 Å².